The van der Waals surface area contributed by atoms with Crippen LogP contribution in [0.15, 0.2) is 23.7 Å². The van der Waals surface area contributed by atoms with Crippen molar-refractivity contribution < 1.29 is 19.1 Å². The van der Waals surface area contributed by atoms with Gasteiger partial charge >= 0.3 is 0 Å². The number of methoxy groups -OCH3 is 1. The Morgan fingerprint density at radius 2 is 2.00 bits per heavy atom. The van der Waals surface area contributed by atoms with Gasteiger partial charge in [0.25, 0.3) is 11.7 Å². The Bertz CT molecular complexity index is 893. The van der Waals surface area contributed by atoms with Gasteiger partial charge in [-0.3, -0.25) is 14.4 Å². The van der Waals surface area contributed by atoms with Crippen molar-refractivity contribution in [3.63, 3.8) is 0 Å². The van der Waals surface area contributed by atoms with Crippen LogP contribution >= 0.6 is 22.7 Å². The molecule has 0 aliphatic rings. The highest BCUT2D eigenvalue weighted by atomic mass is 32.1. The van der Waals surface area contributed by atoms with Gasteiger partial charge in [0.2, 0.25) is 5.91 Å². The number of Topliss-reactive ketones (excluding diaryl/α,β-unsaturated/α-hetero) is 1. The minimum atomic E-state index is -0.794. The molecule has 2 rings (SSSR count). The summed E-state index contributed by atoms with van der Waals surface area (Å²) in [5.41, 5.74) is -0.129. The zero-order chi connectivity index (χ0) is 23.7. The minimum Gasteiger partial charge on any atom is -0.379 e. The standard InChI is InChI=1S/C23H33N3O4S2/c1-6-9-16(25-21(29)19(27)17-11-8-13-31-17)20(28)26-22-24-14-18(32-22)15(2)10-7-12-23(3,4)30-5/h8,11,13-16H,6-7,9-10,12H2,1-5H3,(H,25,29)(H,24,26,28). The molecule has 176 valence electrons. The van der Waals surface area contributed by atoms with Gasteiger partial charge in [-0.1, -0.05) is 26.3 Å². The van der Waals surface area contributed by atoms with Crippen LogP contribution in [0.5, 0.6) is 0 Å². The molecular weight excluding hydrogens is 446 g/mol. The lowest BCUT2D eigenvalue weighted by atomic mass is 9.96. The van der Waals surface area contributed by atoms with Crippen molar-refractivity contribution in [2.45, 2.75) is 77.4 Å². The van der Waals surface area contributed by atoms with E-state index in [0.717, 1.165) is 24.1 Å². The Kier molecular flexibility index (Phi) is 9.99. The van der Waals surface area contributed by atoms with Gasteiger partial charge in [-0.05, 0) is 56.9 Å². The Morgan fingerprint density at radius 3 is 2.62 bits per heavy atom. The van der Waals surface area contributed by atoms with Gasteiger partial charge in [-0.2, -0.15) is 0 Å². The number of carbonyl (C=O) groups excluding carboxylic acids is 3. The molecule has 0 spiro atoms. The number of amides is 2. The number of nitrogens with zero attached hydrogens (tertiary/aromatic N) is 1. The van der Waals surface area contributed by atoms with Crippen molar-refractivity contribution in [3.05, 3.63) is 33.5 Å². The first-order valence-corrected chi connectivity index (χ1v) is 12.6. The number of nitrogens with one attached hydrogen (secondary N) is 2. The summed E-state index contributed by atoms with van der Waals surface area (Å²) in [6.07, 6.45) is 5.91. The quantitative estimate of drug-likeness (QED) is 0.311. The van der Waals surface area contributed by atoms with E-state index in [-0.39, 0.29) is 11.5 Å². The summed E-state index contributed by atoms with van der Waals surface area (Å²) in [6.45, 7) is 8.23. The lowest BCUT2D eigenvalue weighted by molar-refractivity contribution is -0.124. The van der Waals surface area contributed by atoms with Gasteiger partial charge in [0, 0.05) is 18.2 Å². The number of rotatable bonds is 13. The van der Waals surface area contributed by atoms with Crippen LogP contribution < -0.4 is 10.6 Å². The molecule has 2 atom stereocenters. The highest BCUT2D eigenvalue weighted by molar-refractivity contribution is 7.15. The predicted octanol–water partition coefficient (Wildman–Crippen LogP) is 5.01. The molecule has 2 heterocycles. The molecule has 0 saturated carbocycles. The number of hydrogen-bond donors (Lipinski definition) is 2. The van der Waals surface area contributed by atoms with Crippen molar-refractivity contribution in [1.29, 1.82) is 0 Å². The first-order valence-electron chi connectivity index (χ1n) is 10.9. The summed E-state index contributed by atoms with van der Waals surface area (Å²) in [5, 5.41) is 7.60. The van der Waals surface area contributed by atoms with Gasteiger partial charge in [0.1, 0.15) is 6.04 Å². The fourth-order valence-electron chi connectivity index (χ4n) is 3.14. The van der Waals surface area contributed by atoms with Crippen LogP contribution in [0, 0.1) is 0 Å². The van der Waals surface area contributed by atoms with Crippen molar-refractivity contribution in [1.82, 2.24) is 10.3 Å². The van der Waals surface area contributed by atoms with E-state index in [2.05, 4.69) is 36.4 Å². The van der Waals surface area contributed by atoms with Crippen LogP contribution in [0.4, 0.5) is 5.13 Å². The maximum absolute atomic E-state index is 12.8. The zero-order valence-corrected chi connectivity index (χ0v) is 21.0. The maximum atomic E-state index is 12.8. The smallest absolute Gasteiger partial charge is 0.293 e. The van der Waals surface area contributed by atoms with E-state index >= 15 is 0 Å². The maximum Gasteiger partial charge on any atom is 0.293 e. The summed E-state index contributed by atoms with van der Waals surface area (Å²) in [7, 11) is 1.73. The minimum absolute atomic E-state index is 0.129. The normalized spacial score (nSPS) is 13.4. The molecule has 0 aliphatic heterocycles. The number of hydrogen-bond acceptors (Lipinski definition) is 7. The number of anilines is 1. The summed E-state index contributed by atoms with van der Waals surface area (Å²) < 4.78 is 5.47. The van der Waals surface area contributed by atoms with E-state index in [1.165, 1.54) is 22.7 Å². The highest BCUT2D eigenvalue weighted by Crippen LogP contribution is 2.30. The van der Waals surface area contributed by atoms with E-state index in [9.17, 15) is 14.4 Å². The fourth-order valence-corrected chi connectivity index (χ4v) is 4.71. The van der Waals surface area contributed by atoms with Gasteiger partial charge in [0.15, 0.2) is 5.13 Å². The third-order valence-corrected chi connectivity index (χ3v) is 7.37. The number of carbonyl (C=O) groups is 3. The zero-order valence-electron chi connectivity index (χ0n) is 19.4. The first-order chi connectivity index (χ1) is 15.2. The molecule has 7 nitrogen and oxygen atoms in total. The molecule has 2 unspecified atom stereocenters. The highest BCUT2D eigenvalue weighted by Gasteiger charge is 2.26. The molecule has 0 saturated heterocycles. The predicted molar refractivity (Wildman–Crippen MR) is 130 cm³/mol. The lowest BCUT2D eigenvalue weighted by Crippen LogP contribution is -2.46. The van der Waals surface area contributed by atoms with Crippen molar-refractivity contribution in [2.75, 3.05) is 12.4 Å². The van der Waals surface area contributed by atoms with Crippen LogP contribution in [0.25, 0.3) is 0 Å². The Morgan fingerprint density at radius 1 is 1.25 bits per heavy atom. The van der Waals surface area contributed by atoms with E-state index in [1.807, 2.05) is 6.92 Å². The fraction of sp³-hybridized carbons (Fsp3) is 0.565. The van der Waals surface area contributed by atoms with Crippen molar-refractivity contribution >= 4 is 45.4 Å². The molecule has 0 bridgehead atoms. The van der Waals surface area contributed by atoms with Crippen LogP contribution in [0.2, 0.25) is 0 Å². The molecule has 32 heavy (non-hydrogen) atoms. The van der Waals surface area contributed by atoms with Crippen LogP contribution in [-0.2, 0) is 14.3 Å². The first kappa shape index (κ1) is 26.2. The summed E-state index contributed by atoms with van der Waals surface area (Å²) in [6, 6.07) is 2.51. The Labute approximate surface area is 198 Å². The average molecular weight is 480 g/mol. The monoisotopic (exact) mass is 479 g/mol. The number of thiophene rings is 1. The van der Waals surface area contributed by atoms with Crippen LogP contribution in [-0.4, -0.2) is 41.3 Å². The molecule has 2 aromatic heterocycles. The average Bonchev–Trinajstić information content (AvgIpc) is 3.45. The summed E-state index contributed by atoms with van der Waals surface area (Å²) in [4.78, 5) is 43.1. The second-order valence-electron chi connectivity index (χ2n) is 8.44. The van der Waals surface area contributed by atoms with Crippen LogP contribution in [0.1, 0.15) is 80.3 Å². The van der Waals surface area contributed by atoms with Crippen LogP contribution in [0.3, 0.4) is 0 Å². The molecule has 2 N–H and O–H groups in total. The molecule has 0 aliphatic carbocycles. The topological polar surface area (TPSA) is 97.4 Å². The molecular formula is C23H33N3O4S2. The third kappa shape index (κ3) is 7.79. The molecule has 0 aromatic carbocycles. The van der Waals surface area contributed by atoms with Gasteiger partial charge in [0.05, 0.1) is 10.5 Å². The lowest BCUT2D eigenvalue weighted by Gasteiger charge is -2.23. The van der Waals surface area contributed by atoms with Gasteiger partial charge < -0.3 is 15.4 Å². The molecule has 0 radical (unpaired) electrons. The van der Waals surface area contributed by atoms with Gasteiger partial charge in [-0.25, -0.2) is 4.98 Å². The van der Waals surface area contributed by atoms with Gasteiger partial charge in [-0.15, -0.1) is 22.7 Å². The second-order valence-corrected chi connectivity index (χ2v) is 10.4. The molecule has 2 aromatic rings. The third-order valence-electron chi connectivity index (χ3n) is 5.36. The molecule has 9 heteroatoms. The Hall–Kier alpha value is -2.10. The van der Waals surface area contributed by atoms with Crippen molar-refractivity contribution in [2.24, 2.45) is 0 Å². The Balaban J connectivity index is 1.92. The SMILES string of the molecule is CCCC(NC(=O)C(=O)c1cccs1)C(=O)Nc1ncc(C(C)CCCC(C)(C)OC)s1. The molecule has 2 amide bonds. The number of thiazole rings is 1. The van der Waals surface area contributed by atoms with E-state index in [4.69, 9.17) is 4.74 Å². The van der Waals surface area contributed by atoms with Crippen molar-refractivity contribution in [3.8, 4) is 0 Å². The summed E-state index contributed by atoms with van der Waals surface area (Å²) >= 11 is 2.64. The largest absolute Gasteiger partial charge is 0.379 e. The molecule has 0 fully saturated rings. The number of ketones is 1. The number of ether oxygens (including phenoxy) is 1. The van der Waals surface area contributed by atoms with E-state index in [0.29, 0.717) is 28.8 Å². The second kappa shape index (κ2) is 12.2. The number of aromatic nitrogens is 1. The van der Waals surface area contributed by atoms with E-state index < -0.39 is 17.7 Å². The summed E-state index contributed by atoms with van der Waals surface area (Å²) in [5.74, 6) is -1.45. The van der Waals surface area contributed by atoms with E-state index in [1.54, 1.807) is 30.8 Å².